The maximum atomic E-state index is 13.0. The molecule has 2 aromatic carbocycles. The van der Waals surface area contributed by atoms with Crippen molar-refractivity contribution >= 4 is 11.7 Å². The van der Waals surface area contributed by atoms with Gasteiger partial charge in [-0.1, -0.05) is 58.0 Å². The maximum absolute atomic E-state index is 13.0. The lowest BCUT2D eigenvalue weighted by molar-refractivity contribution is 0.0124. The molecule has 1 saturated heterocycles. The number of carbonyl (C=O) groups excluding carboxylic acids is 1. The third kappa shape index (κ3) is 6.53. The topological polar surface area (TPSA) is 89.4 Å². The monoisotopic (exact) mass is 626 g/mol. The van der Waals surface area contributed by atoms with Gasteiger partial charge < -0.3 is 24.7 Å². The van der Waals surface area contributed by atoms with Crippen LogP contribution in [0.5, 0.6) is 5.75 Å². The first-order chi connectivity index (χ1) is 22.1. The van der Waals surface area contributed by atoms with Crippen LogP contribution >= 0.6 is 0 Å². The van der Waals surface area contributed by atoms with Crippen LogP contribution in [-0.2, 0) is 10.8 Å². The lowest BCUT2D eigenvalue weighted by Crippen LogP contribution is -2.46. The lowest BCUT2D eigenvalue weighted by atomic mass is 9.63. The average molecular weight is 627 g/mol. The summed E-state index contributed by atoms with van der Waals surface area (Å²) in [6, 6.07) is 18.1. The summed E-state index contributed by atoms with van der Waals surface area (Å²) >= 11 is 0. The van der Waals surface area contributed by atoms with E-state index in [9.17, 15) is 9.90 Å². The standard InChI is InChI=1S/C38H50N4O4/c1-37(2)16-17-38(3,4)31-26-27(12-13-30(31)37)34-32(46-25-23-42-35(44)28-10-6-7-11-29(28)36(42)45)14-15-33(39-34)41-21-19-40(20-22-41)18-8-5-9-24-43/h6-7,10-15,26,35,43-44H,5,8-9,16-25H2,1-4H3. The Bertz CT molecular complexity index is 1550. The molecule has 1 amide bonds. The summed E-state index contributed by atoms with van der Waals surface area (Å²) in [5.74, 6) is 1.45. The highest BCUT2D eigenvalue weighted by atomic mass is 16.5. The molecule has 0 saturated carbocycles. The molecule has 1 fully saturated rings. The fourth-order valence-corrected chi connectivity index (χ4v) is 7.32. The van der Waals surface area contributed by atoms with Crippen molar-refractivity contribution in [3.05, 3.63) is 76.9 Å². The van der Waals surface area contributed by atoms with Crippen molar-refractivity contribution < 1.29 is 19.7 Å². The van der Waals surface area contributed by atoms with E-state index < -0.39 is 6.23 Å². The lowest BCUT2D eigenvalue weighted by Gasteiger charge is -2.42. The van der Waals surface area contributed by atoms with Crippen LogP contribution in [0.1, 0.15) is 93.1 Å². The zero-order chi connectivity index (χ0) is 32.5. The SMILES string of the molecule is CC1(C)CCC(C)(C)c2cc(-c3nc(N4CCN(CCCCCO)CC4)ccc3OCCN3C(=O)c4ccccc4C3O)ccc21. The predicted molar refractivity (Wildman–Crippen MR) is 182 cm³/mol. The van der Waals surface area contributed by atoms with E-state index in [0.717, 1.165) is 81.9 Å². The van der Waals surface area contributed by atoms with Crippen molar-refractivity contribution in [2.24, 2.45) is 0 Å². The number of pyridine rings is 1. The van der Waals surface area contributed by atoms with Gasteiger partial charge in [0.15, 0.2) is 6.23 Å². The van der Waals surface area contributed by atoms with Crippen LogP contribution in [0, 0.1) is 0 Å². The predicted octanol–water partition coefficient (Wildman–Crippen LogP) is 5.91. The third-order valence-corrected chi connectivity index (χ3v) is 10.4. The number of piperazine rings is 1. The number of nitrogens with zero attached hydrogens (tertiary/aromatic N) is 4. The first kappa shape index (κ1) is 32.5. The number of aliphatic hydroxyl groups excluding tert-OH is 2. The van der Waals surface area contributed by atoms with Gasteiger partial charge in [0.2, 0.25) is 0 Å². The van der Waals surface area contributed by atoms with E-state index in [1.165, 1.54) is 16.0 Å². The van der Waals surface area contributed by atoms with E-state index >= 15 is 0 Å². The van der Waals surface area contributed by atoms with Crippen molar-refractivity contribution in [2.45, 2.75) is 76.9 Å². The molecule has 8 heteroatoms. The quantitative estimate of drug-likeness (QED) is 0.256. The molecular weight excluding hydrogens is 576 g/mol. The van der Waals surface area contributed by atoms with Gasteiger partial charge in [-0.3, -0.25) is 9.69 Å². The normalized spacial score (nSPS) is 20.5. The molecule has 1 unspecified atom stereocenters. The smallest absolute Gasteiger partial charge is 0.256 e. The van der Waals surface area contributed by atoms with Crippen molar-refractivity contribution in [1.82, 2.24) is 14.8 Å². The molecule has 3 aliphatic rings. The number of ether oxygens (including phenoxy) is 1. The molecule has 6 rings (SSSR count). The summed E-state index contributed by atoms with van der Waals surface area (Å²) in [4.78, 5) is 24.6. The van der Waals surface area contributed by atoms with Crippen molar-refractivity contribution in [3.8, 4) is 17.0 Å². The van der Waals surface area contributed by atoms with Gasteiger partial charge in [-0.2, -0.15) is 0 Å². The molecule has 3 aromatic rings. The number of anilines is 1. The molecule has 2 N–H and O–H groups in total. The second-order valence-electron chi connectivity index (χ2n) is 14.5. The third-order valence-electron chi connectivity index (χ3n) is 10.4. The fourth-order valence-electron chi connectivity index (χ4n) is 7.32. The van der Waals surface area contributed by atoms with Gasteiger partial charge in [0.25, 0.3) is 5.91 Å². The van der Waals surface area contributed by atoms with Gasteiger partial charge in [0.05, 0.1) is 6.54 Å². The molecule has 0 bridgehead atoms. The van der Waals surface area contributed by atoms with Crippen LogP contribution in [0.3, 0.4) is 0 Å². The fraction of sp³-hybridized carbons (Fsp3) is 0.526. The molecule has 3 heterocycles. The number of benzene rings is 2. The molecule has 2 aliphatic heterocycles. The summed E-state index contributed by atoms with van der Waals surface area (Å²) in [6.07, 6.45) is 4.38. The van der Waals surface area contributed by atoms with Gasteiger partial charge >= 0.3 is 0 Å². The van der Waals surface area contributed by atoms with E-state index in [2.05, 4.69) is 55.7 Å². The number of aliphatic hydroxyl groups is 2. The summed E-state index contributed by atoms with van der Waals surface area (Å²) in [6.45, 7) is 15.0. The van der Waals surface area contributed by atoms with E-state index in [0.29, 0.717) is 16.9 Å². The molecule has 1 aromatic heterocycles. The number of rotatable bonds is 11. The Morgan fingerprint density at radius 2 is 1.61 bits per heavy atom. The van der Waals surface area contributed by atoms with Crippen molar-refractivity contribution in [2.75, 3.05) is 57.4 Å². The Labute approximate surface area is 274 Å². The number of carbonyl (C=O) groups is 1. The zero-order valence-corrected chi connectivity index (χ0v) is 28.0. The second kappa shape index (κ2) is 13.3. The number of amides is 1. The molecular formula is C38H50N4O4. The van der Waals surface area contributed by atoms with Crippen LogP contribution in [0.25, 0.3) is 11.3 Å². The minimum Gasteiger partial charge on any atom is -0.489 e. The Morgan fingerprint density at radius 3 is 2.35 bits per heavy atom. The Morgan fingerprint density at radius 1 is 0.870 bits per heavy atom. The summed E-state index contributed by atoms with van der Waals surface area (Å²) in [7, 11) is 0. The molecule has 8 nitrogen and oxygen atoms in total. The van der Waals surface area contributed by atoms with Crippen LogP contribution in [0.2, 0.25) is 0 Å². The van der Waals surface area contributed by atoms with E-state index in [-0.39, 0.29) is 36.5 Å². The first-order valence-corrected chi connectivity index (χ1v) is 17.0. The van der Waals surface area contributed by atoms with Crippen molar-refractivity contribution in [1.29, 1.82) is 0 Å². The average Bonchev–Trinajstić information content (AvgIpc) is 3.30. The number of fused-ring (bicyclic) bond motifs is 2. The van der Waals surface area contributed by atoms with E-state index in [4.69, 9.17) is 14.8 Å². The minimum absolute atomic E-state index is 0.0637. The maximum Gasteiger partial charge on any atom is 0.256 e. The van der Waals surface area contributed by atoms with Crippen LogP contribution < -0.4 is 9.64 Å². The molecule has 246 valence electrons. The molecule has 0 radical (unpaired) electrons. The first-order valence-electron chi connectivity index (χ1n) is 17.0. The highest BCUT2D eigenvalue weighted by Gasteiger charge is 2.38. The Kier molecular flexibility index (Phi) is 9.42. The summed E-state index contributed by atoms with van der Waals surface area (Å²) in [5, 5.41) is 19.9. The van der Waals surface area contributed by atoms with Crippen LogP contribution in [-0.4, -0.2) is 83.4 Å². The van der Waals surface area contributed by atoms with Crippen molar-refractivity contribution in [3.63, 3.8) is 0 Å². The highest BCUT2D eigenvalue weighted by molar-refractivity contribution is 5.98. The molecule has 1 atom stereocenters. The van der Waals surface area contributed by atoms with Gasteiger partial charge in [0, 0.05) is 49.5 Å². The van der Waals surface area contributed by atoms with Gasteiger partial charge in [-0.05, 0) is 84.9 Å². The highest BCUT2D eigenvalue weighted by Crippen LogP contribution is 2.47. The van der Waals surface area contributed by atoms with E-state index in [1.54, 1.807) is 12.1 Å². The number of aromatic nitrogens is 1. The van der Waals surface area contributed by atoms with Crippen LogP contribution in [0.4, 0.5) is 5.82 Å². The van der Waals surface area contributed by atoms with Crippen LogP contribution in [0.15, 0.2) is 54.6 Å². The Balaban J connectivity index is 1.24. The molecule has 0 spiro atoms. The number of unbranched alkanes of at least 4 members (excludes halogenated alkanes) is 2. The molecule has 46 heavy (non-hydrogen) atoms. The number of hydrogen-bond acceptors (Lipinski definition) is 7. The summed E-state index contributed by atoms with van der Waals surface area (Å²) in [5.41, 5.74) is 6.00. The zero-order valence-electron chi connectivity index (χ0n) is 28.0. The van der Waals surface area contributed by atoms with Gasteiger partial charge in [-0.15, -0.1) is 0 Å². The second-order valence-corrected chi connectivity index (χ2v) is 14.5. The van der Waals surface area contributed by atoms with Gasteiger partial charge in [0.1, 0.15) is 23.9 Å². The summed E-state index contributed by atoms with van der Waals surface area (Å²) < 4.78 is 6.40. The largest absolute Gasteiger partial charge is 0.489 e. The van der Waals surface area contributed by atoms with E-state index in [1.807, 2.05) is 24.3 Å². The minimum atomic E-state index is -0.966. The molecule has 1 aliphatic carbocycles. The Hall–Kier alpha value is -3.46. The van der Waals surface area contributed by atoms with Gasteiger partial charge in [-0.25, -0.2) is 4.98 Å². The number of hydrogen-bond donors (Lipinski definition) is 2.